The summed E-state index contributed by atoms with van der Waals surface area (Å²) in [6.45, 7) is 2.13. The Morgan fingerprint density at radius 2 is 1.73 bits per heavy atom. The molecule has 2 aromatic carbocycles. The van der Waals surface area contributed by atoms with Gasteiger partial charge in [0.15, 0.2) is 0 Å². The Bertz CT molecular complexity index is 1860. The molecule has 4 aliphatic rings. The van der Waals surface area contributed by atoms with Crippen LogP contribution in [0.3, 0.4) is 0 Å². The second-order valence-corrected chi connectivity index (χ2v) is 16.8. The number of carbonyl (C=O) groups is 2. The monoisotopic (exact) mass is 675 g/mol. The van der Waals surface area contributed by atoms with Crippen LogP contribution < -0.4 is 9.46 Å². The number of benzene rings is 2. The van der Waals surface area contributed by atoms with Gasteiger partial charge in [-0.2, -0.15) is 12.7 Å². The van der Waals surface area contributed by atoms with Crippen LogP contribution in [0.1, 0.15) is 91.1 Å². The van der Waals surface area contributed by atoms with Gasteiger partial charge in [-0.05, 0) is 100.0 Å². The molecule has 48 heavy (non-hydrogen) atoms. The van der Waals surface area contributed by atoms with Crippen LogP contribution in [0.2, 0.25) is 0 Å². The van der Waals surface area contributed by atoms with Crippen LogP contribution in [0.25, 0.3) is 22.2 Å². The number of hydrogen-bond acceptors (Lipinski definition) is 6. The van der Waals surface area contributed by atoms with E-state index in [0.717, 1.165) is 89.4 Å². The molecule has 2 aliphatic heterocycles. The quantitative estimate of drug-likeness (QED) is 0.346. The van der Waals surface area contributed by atoms with Crippen molar-refractivity contribution in [2.75, 3.05) is 48.4 Å². The first-order chi connectivity index (χ1) is 22.9. The third-order valence-corrected chi connectivity index (χ3v) is 12.8. The minimum atomic E-state index is -3.97. The third-order valence-electron chi connectivity index (χ3n) is 11.4. The van der Waals surface area contributed by atoms with Gasteiger partial charge in [-0.1, -0.05) is 25.3 Å². The number of fused-ring (bicyclic) bond motifs is 7. The average molecular weight is 676 g/mol. The van der Waals surface area contributed by atoms with E-state index >= 15 is 4.79 Å². The zero-order chi connectivity index (χ0) is 34.0. The highest BCUT2D eigenvalue weighted by molar-refractivity contribution is 7.87. The third kappa shape index (κ3) is 5.61. The standard InChI is InChI=1S/C37H49N5O5S/c1-39(2)22-26-13-9-10-18-41(26)36(44)37-21-31(37)30-20-27(47-5)15-17-28(30)34-33(24-11-7-6-8-12-24)29-16-14-25(19-32(29)42(34)23-37)35(43)38-48(45,46)40(3)4/h14-17,19-20,24,26,31H,6-13,18,21-23H2,1-5H3,(H,38,43)/t26-,31?,37?/m0/s1. The van der Waals surface area contributed by atoms with Crippen molar-refractivity contribution in [3.8, 4) is 17.0 Å². The summed E-state index contributed by atoms with van der Waals surface area (Å²) in [5, 5.41) is 1.08. The van der Waals surface area contributed by atoms with E-state index in [-0.39, 0.29) is 23.4 Å². The first-order valence-corrected chi connectivity index (χ1v) is 18.9. The lowest BCUT2D eigenvalue weighted by molar-refractivity contribution is -0.142. The van der Waals surface area contributed by atoms with Gasteiger partial charge in [-0.3, -0.25) is 9.59 Å². The van der Waals surface area contributed by atoms with Gasteiger partial charge in [0.05, 0.1) is 18.2 Å². The Hall–Kier alpha value is -3.41. The number of ether oxygens (including phenoxy) is 1. The molecular formula is C37H49N5O5S. The fourth-order valence-corrected chi connectivity index (χ4v) is 9.39. The Morgan fingerprint density at radius 3 is 2.44 bits per heavy atom. The zero-order valence-electron chi connectivity index (χ0n) is 28.9. The van der Waals surface area contributed by atoms with E-state index < -0.39 is 21.5 Å². The summed E-state index contributed by atoms with van der Waals surface area (Å²) in [5.41, 5.74) is 5.26. The normalized spacial score (nSPS) is 24.2. The number of carbonyl (C=O) groups excluding carboxylic acids is 2. The molecule has 0 spiro atoms. The summed E-state index contributed by atoms with van der Waals surface area (Å²) >= 11 is 0. The first-order valence-electron chi connectivity index (χ1n) is 17.5. The molecule has 258 valence electrons. The lowest BCUT2D eigenvalue weighted by Gasteiger charge is -2.39. The largest absolute Gasteiger partial charge is 0.497 e. The molecular weight excluding hydrogens is 627 g/mol. The van der Waals surface area contributed by atoms with Crippen LogP contribution in [0.5, 0.6) is 5.75 Å². The highest BCUT2D eigenvalue weighted by Gasteiger charge is 2.64. The summed E-state index contributed by atoms with van der Waals surface area (Å²) < 4.78 is 36.5. The number of nitrogens with one attached hydrogen (secondary N) is 1. The average Bonchev–Trinajstić information content (AvgIpc) is 3.74. The van der Waals surface area contributed by atoms with E-state index in [0.29, 0.717) is 12.5 Å². The van der Waals surface area contributed by atoms with E-state index in [1.165, 1.54) is 38.9 Å². The number of likely N-dealkylation sites (N-methyl/N-ethyl adjacent to an activating group) is 1. The van der Waals surface area contributed by atoms with Crippen LogP contribution in [-0.4, -0.2) is 93.3 Å². The van der Waals surface area contributed by atoms with E-state index in [2.05, 4.69) is 45.3 Å². The van der Waals surface area contributed by atoms with Crippen LogP contribution in [0.15, 0.2) is 36.4 Å². The van der Waals surface area contributed by atoms with Gasteiger partial charge in [-0.25, -0.2) is 4.72 Å². The second-order valence-electron chi connectivity index (χ2n) is 14.9. The van der Waals surface area contributed by atoms with E-state index in [4.69, 9.17) is 4.74 Å². The van der Waals surface area contributed by atoms with Crippen molar-refractivity contribution in [1.82, 2.24) is 23.4 Å². The number of nitrogens with zero attached hydrogens (tertiary/aromatic N) is 4. The molecule has 2 amide bonds. The maximum absolute atomic E-state index is 15.0. The van der Waals surface area contributed by atoms with Gasteiger partial charge in [0.1, 0.15) is 5.75 Å². The van der Waals surface area contributed by atoms with E-state index in [1.807, 2.05) is 18.2 Å². The molecule has 2 aliphatic carbocycles. The van der Waals surface area contributed by atoms with Crippen molar-refractivity contribution in [3.05, 3.63) is 53.1 Å². The predicted octanol–water partition coefficient (Wildman–Crippen LogP) is 5.33. The number of rotatable bonds is 8. The number of piperidine rings is 1. The molecule has 0 radical (unpaired) electrons. The highest BCUT2D eigenvalue weighted by Crippen LogP contribution is 2.66. The van der Waals surface area contributed by atoms with Gasteiger partial charge in [0.2, 0.25) is 5.91 Å². The molecule has 3 heterocycles. The van der Waals surface area contributed by atoms with Crippen LogP contribution >= 0.6 is 0 Å². The number of likely N-dealkylation sites (tertiary alicyclic amines) is 1. The summed E-state index contributed by atoms with van der Waals surface area (Å²) in [5.74, 6) is 0.758. The Kier molecular flexibility index (Phi) is 8.61. The van der Waals surface area contributed by atoms with Gasteiger partial charge in [0, 0.05) is 67.7 Å². The predicted molar refractivity (Wildman–Crippen MR) is 188 cm³/mol. The van der Waals surface area contributed by atoms with Crippen LogP contribution in [0.4, 0.5) is 0 Å². The topological polar surface area (TPSA) is 104 Å². The maximum atomic E-state index is 15.0. The molecule has 2 saturated carbocycles. The number of amides is 2. The molecule has 11 heteroatoms. The SMILES string of the molecule is COc1ccc2c(c1)C1CC1(C(=O)N1CCCC[C@H]1CN(C)C)Cn1c-2c(C2CCCCC2)c2ccc(C(=O)NS(=O)(=O)N(C)C)cc21. The molecule has 3 aromatic rings. The number of hydrogen-bond donors (Lipinski definition) is 1. The zero-order valence-corrected chi connectivity index (χ0v) is 29.7. The van der Waals surface area contributed by atoms with Crippen LogP contribution in [-0.2, 0) is 21.5 Å². The van der Waals surface area contributed by atoms with Crippen molar-refractivity contribution in [2.45, 2.75) is 82.2 Å². The summed E-state index contributed by atoms with van der Waals surface area (Å²) in [4.78, 5) is 32.8. The van der Waals surface area contributed by atoms with Crippen molar-refractivity contribution in [2.24, 2.45) is 5.41 Å². The van der Waals surface area contributed by atoms with Gasteiger partial charge in [0.25, 0.3) is 5.91 Å². The lowest BCUT2D eigenvalue weighted by Crippen LogP contribution is -2.51. The summed E-state index contributed by atoms with van der Waals surface area (Å²) in [7, 11) is 4.66. The smallest absolute Gasteiger partial charge is 0.303 e. The molecule has 1 saturated heterocycles. The fourth-order valence-electron chi connectivity index (χ4n) is 8.85. The summed E-state index contributed by atoms with van der Waals surface area (Å²) in [6.07, 6.45) is 9.66. The van der Waals surface area contributed by atoms with Gasteiger partial charge < -0.3 is 19.1 Å². The molecule has 7 rings (SSSR count). The minimum Gasteiger partial charge on any atom is -0.497 e. The van der Waals surface area contributed by atoms with Crippen molar-refractivity contribution >= 4 is 32.9 Å². The number of aromatic nitrogens is 1. The maximum Gasteiger partial charge on any atom is 0.303 e. The molecule has 3 atom stereocenters. The Balaban J connectivity index is 1.42. The van der Waals surface area contributed by atoms with Crippen LogP contribution in [0, 0.1) is 5.41 Å². The second kappa shape index (κ2) is 12.5. The highest BCUT2D eigenvalue weighted by atomic mass is 32.2. The molecule has 1 aromatic heterocycles. The van der Waals surface area contributed by atoms with Gasteiger partial charge >= 0.3 is 10.2 Å². The van der Waals surface area contributed by atoms with Gasteiger partial charge in [-0.15, -0.1) is 0 Å². The molecule has 0 bridgehead atoms. The molecule has 2 unspecified atom stereocenters. The molecule has 10 nitrogen and oxygen atoms in total. The molecule has 1 N–H and O–H groups in total. The van der Waals surface area contributed by atoms with E-state index in [9.17, 15) is 13.2 Å². The molecule has 3 fully saturated rings. The Labute approximate surface area is 284 Å². The van der Waals surface area contributed by atoms with E-state index in [1.54, 1.807) is 13.2 Å². The number of methoxy groups -OCH3 is 1. The first kappa shape index (κ1) is 33.1. The lowest BCUT2D eigenvalue weighted by atomic mass is 9.81. The van der Waals surface area contributed by atoms with Crippen molar-refractivity contribution in [3.63, 3.8) is 0 Å². The van der Waals surface area contributed by atoms with Crippen molar-refractivity contribution in [1.29, 1.82) is 0 Å². The van der Waals surface area contributed by atoms with Crippen molar-refractivity contribution < 1.29 is 22.7 Å². The fraction of sp³-hybridized carbons (Fsp3) is 0.568. The Morgan fingerprint density at radius 1 is 0.979 bits per heavy atom. The summed E-state index contributed by atoms with van der Waals surface area (Å²) in [6, 6.07) is 12.1. The minimum absolute atomic E-state index is 0.0582.